The molecule has 5 heteroatoms. The SMILES string of the molecule is CCCc1nc2nc(C(=O)O)cc(C)c2[nH]1. The van der Waals surface area contributed by atoms with E-state index in [0.29, 0.717) is 5.65 Å². The number of carboxylic acid groups (broad SMARTS) is 1. The molecule has 2 aromatic heterocycles. The summed E-state index contributed by atoms with van der Waals surface area (Å²) >= 11 is 0. The number of fused-ring (bicyclic) bond motifs is 1. The number of H-pyrrole nitrogens is 1. The second kappa shape index (κ2) is 3.92. The summed E-state index contributed by atoms with van der Waals surface area (Å²) < 4.78 is 0. The van der Waals surface area contributed by atoms with E-state index in [1.54, 1.807) is 6.07 Å². The maximum Gasteiger partial charge on any atom is 0.354 e. The van der Waals surface area contributed by atoms with Gasteiger partial charge < -0.3 is 10.1 Å². The molecule has 0 spiro atoms. The van der Waals surface area contributed by atoms with Gasteiger partial charge in [-0.1, -0.05) is 6.92 Å². The number of hydrogen-bond acceptors (Lipinski definition) is 3. The highest BCUT2D eigenvalue weighted by molar-refractivity contribution is 5.89. The summed E-state index contributed by atoms with van der Waals surface area (Å²) in [7, 11) is 0. The van der Waals surface area contributed by atoms with Crippen molar-refractivity contribution in [2.24, 2.45) is 0 Å². The molecule has 0 amide bonds. The lowest BCUT2D eigenvalue weighted by molar-refractivity contribution is 0.0691. The fourth-order valence-corrected chi connectivity index (χ4v) is 1.66. The van der Waals surface area contributed by atoms with Crippen molar-refractivity contribution in [2.45, 2.75) is 26.7 Å². The lowest BCUT2D eigenvalue weighted by atomic mass is 10.2. The molecule has 0 aliphatic heterocycles. The third-order valence-corrected chi connectivity index (χ3v) is 2.41. The molecule has 0 bridgehead atoms. The second-order valence-corrected chi connectivity index (χ2v) is 3.76. The summed E-state index contributed by atoms with van der Waals surface area (Å²) in [4.78, 5) is 22.3. The van der Waals surface area contributed by atoms with E-state index in [9.17, 15) is 4.79 Å². The van der Waals surface area contributed by atoms with Gasteiger partial charge >= 0.3 is 5.97 Å². The van der Waals surface area contributed by atoms with Crippen molar-refractivity contribution >= 4 is 17.1 Å². The molecule has 0 saturated carbocycles. The van der Waals surface area contributed by atoms with E-state index in [-0.39, 0.29) is 5.69 Å². The van der Waals surface area contributed by atoms with Crippen molar-refractivity contribution < 1.29 is 9.90 Å². The summed E-state index contributed by atoms with van der Waals surface area (Å²) in [6.45, 7) is 3.92. The zero-order chi connectivity index (χ0) is 11.7. The first-order chi connectivity index (χ1) is 7.61. The first kappa shape index (κ1) is 10.6. The van der Waals surface area contributed by atoms with E-state index in [2.05, 4.69) is 21.9 Å². The number of hydrogen-bond donors (Lipinski definition) is 2. The van der Waals surface area contributed by atoms with E-state index in [1.807, 2.05) is 6.92 Å². The minimum Gasteiger partial charge on any atom is -0.477 e. The maximum atomic E-state index is 10.8. The number of aromatic amines is 1. The number of nitrogens with one attached hydrogen (secondary N) is 1. The van der Waals surface area contributed by atoms with Crippen LogP contribution in [0.2, 0.25) is 0 Å². The van der Waals surface area contributed by atoms with Crippen LogP contribution in [-0.2, 0) is 6.42 Å². The van der Waals surface area contributed by atoms with Crippen LogP contribution >= 0.6 is 0 Å². The molecule has 84 valence electrons. The van der Waals surface area contributed by atoms with Crippen LogP contribution < -0.4 is 0 Å². The van der Waals surface area contributed by atoms with Gasteiger partial charge in [-0.05, 0) is 25.0 Å². The topological polar surface area (TPSA) is 78.9 Å². The molecule has 2 rings (SSSR count). The first-order valence-electron chi connectivity index (χ1n) is 5.21. The van der Waals surface area contributed by atoms with Gasteiger partial charge in [0.05, 0.1) is 5.52 Å². The highest BCUT2D eigenvalue weighted by Crippen LogP contribution is 2.16. The van der Waals surface area contributed by atoms with Crippen LogP contribution in [0, 0.1) is 6.92 Å². The van der Waals surface area contributed by atoms with Crippen LogP contribution in [0.25, 0.3) is 11.2 Å². The number of imidazole rings is 1. The van der Waals surface area contributed by atoms with Gasteiger partial charge in [-0.2, -0.15) is 0 Å². The maximum absolute atomic E-state index is 10.8. The smallest absolute Gasteiger partial charge is 0.354 e. The fraction of sp³-hybridized carbons (Fsp3) is 0.364. The first-order valence-corrected chi connectivity index (χ1v) is 5.21. The standard InChI is InChI=1S/C11H13N3O2/c1-3-4-8-13-9-6(2)5-7(11(15)16)12-10(9)14-8/h5H,3-4H2,1-2H3,(H,15,16)(H,12,13,14). The van der Waals surface area contributed by atoms with Crippen LogP contribution in [0.1, 0.15) is 35.2 Å². The molecule has 0 atom stereocenters. The zero-order valence-corrected chi connectivity index (χ0v) is 9.24. The van der Waals surface area contributed by atoms with E-state index in [4.69, 9.17) is 5.11 Å². The number of pyridine rings is 1. The number of rotatable bonds is 3. The fourth-order valence-electron chi connectivity index (χ4n) is 1.66. The highest BCUT2D eigenvalue weighted by atomic mass is 16.4. The van der Waals surface area contributed by atoms with E-state index < -0.39 is 5.97 Å². The Morgan fingerprint density at radius 3 is 2.88 bits per heavy atom. The molecule has 2 aromatic rings. The third kappa shape index (κ3) is 1.76. The molecular weight excluding hydrogens is 206 g/mol. The number of nitrogens with zero attached hydrogens (tertiary/aromatic N) is 2. The Morgan fingerprint density at radius 2 is 2.25 bits per heavy atom. The van der Waals surface area contributed by atoms with Gasteiger partial charge in [-0.25, -0.2) is 14.8 Å². The van der Waals surface area contributed by atoms with Gasteiger partial charge in [0.1, 0.15) is 5.82 Å². The molecule has 0 radical (unpaired) electrons. The monoisotopic (exact) mass is 219 g/mol. The van der Waals surface area contributed by atoms with Crippen LogP contribution in [0.4, 0.5) is 0 Å². The summed E-state index contributed by atoms with van der Waals surface area (Å²) in [5.41, 5.74) is 2.21. The van der Waals surface area contributed by atoms with Gasteiger partial charge in [0, 0.05) is 6.42 Å². The zero-order valence-electron chi connectivity index (χ0n) is 9.24. The Kier molecular flexibility index (Phi) is 2.60. The summed E-state index contributed by atoms with van der Waals surface area (Å²) in [6.07, 6.45) is 1.84. The van der Waals surface area contributed by atoms with Crippen molar-refractivity contribution in [3.63, 3.8) is 0 Å². The largest absolute Gasteiger partial charge is 0.477 e. The molecule has 2 N–H and O–H groups in total. The molecule has 2 heterocycles. The number of aryl methyl sites for hydroxylation is 2. The van der Waals surface area contributed by atoms with Crippen LogP contribution in [-0.4, -0.2) is 26.0 Å². The summed E-state index contributed by atoms with van der Waals surface area (Å²) in [6, 6.07) is 1.55. The molecular formula is C11H13N3O2. The van der Waals surface area contributed by atoms with Crippen LogP contribution in [0.15, 0.2) is 6.07 Å². The van der Waals surface area contributed by atoms with Gasteiger partial charge in [0.25, 0.3) is 0 Å². The molecule has 0 aromatic carbocycles. The Morgan fingerprint density at radius 1 is 1.50 bits per heavy atom. The lowest BCUT2D eigenvalue weighted by Crippen LogP contribution is -2.01. The minimum atomic E-state index is -1.02. The van der Waals surface area contributed by atoms with Gasteiger partial charge in [-0.15, -0.1) is 0 Å². The van der Waals surface area contributed by atoms with Gasteiger partial charge in [0.15, 0.2) is 11.3 Å². The van der Waals surface area contributed by atoms with Gasteiger partial charge in [-0.3, -0.25) is 0 Å². The predicted octanol–water partition coefficient (Wildman–Crippen LogP) is 1.92. The number of carbonyl (C=O) groups is 1. The average Bonchev–Trinajstić information content (AvgIpc) is 2.61. The Hall–Kier alpha value is -1.91. The molecule has 16 heavy (non-hydrogen) atoms. The molecule has 0 saturated heterocycles. The number of carboxylic acids is 1. The second-order valence-electron chi connectivity index (χ2n) is 3.76. The summed E-state index contributed by atoms with van der Waals surface area (Å²) in [5.74, 6) is -0.166. The Balaban J connectivity index is 2.58. The van der Waals surface area contributed by atoms with Crippen molar-refractivity contribution in [1.29, 1.82) is 0 Å². The molecule has 0 fully saturated rings. The van der Waals surface area contributed by atoms with Crippen LogP contribution in [0.5, 0.6) is 0 Å². The molecule has 0 unspecified atom stereocenters. The number of aromatic carboxylic acids is 1. The van der Waals surface area contributed by atoms with E-state index in [0.717, 1.165) is 29.7 Å². The van der Waals surface area contributed by atoms with Gasteiger partial charge in [0.2, 0.25) is 0 Å². The molecule has 5 nitrogen and oxygen atoms in total. The average molecular weight is 219 g/mol. The molecule has 0 aliphatic rings. The van der Waals surface area contributed by atoms with Crippen LogP contribution in [0.3, 0.4) is 0 Å². The molecule has 0 aliphatic carbocycles. The predicted molar refractivity (Wildman–Crippen MR) is 59.6 cm³/mol. The lowest BCUT2D eigenvalue weighted by Gasteiger charge is -1.96. The normalized spacial score (nSPS) is 10.9. The van der Waals surface area contributed by atoms with Crippen molar-refractivity contribution in [3.05, 3.63) is 23.1 Å². The van der Waals surface area contributed by atoms with E-state index >= 15 is 0 Å². The Bertz CT molecular complexity index is 545. The van der Waals surface area contributed by atoms with Crippen molar-refractivity contribution in [2.75, 3.05) is 0 Å². The Labute approximate surface area is 92.5 Å². The van der Waals surface area contributed by atoms with E-state index in [1.165, 1.54) is 0 Å². The summed E-state index contributed by atoms with van der Waals surface area (Å²) in [5, 5.41) is 8.88. The number of aromatic nitrogens is 3. The van der Waals surface area contributed by atoms with Crippen molar-refractivity contribution in [3.8, 4) is 0 Å². The highest BCUT2D eigenvalue weighted by Gasteiger charge is 2.11. The third-order valence-electron chi connectivity index (χ3n) is 2.41. The van der Waals surface area contributed by atoms with Crippen molar-refractivity contribution in [1.82, 2.24) is 15.0 Å². The minimum absolute atomic E-state index is 0.0412. The quantitative estimate of drug-likeness (QED) is 0.826.